The van der Waals surface area contributed by atoms with Gasteiger partial charge in [-0.15, -0.1) is 0 Å². The smallest absolute Gasteiger partial charge is 0.263 e. The van der Waals surface area contributed by atoms with E-state index in [2.05, 4.69) is 0 Å². The summed E-state index contributed by atoms with van der Waals surface area (Å²) in [5.41, 5.74) is 4.60. The third kappa shape index (κ3) is 1.63. The van der Waals surface area contributed by atoms with Gasteiger partial charge in [-0.3, -0.25) is 0 Å². The van der Waals surface area contributed by atoms with Crippen molar-refractivity contribution < 1.29 is 13.2 Å². The number of nitrogen functional groups attached to an aromatic ring is 1. The summed E-state index contributed by atoms with van der Waals surface area (Å²) in [4.78, 5) is 0. The Morgan fingerprint density at radius 1 is 1.27 bits per heavy atom. The molecule has 0 unspecified atom stereocenters. The summed E-state index contributed by atoms with van der Waals surface area (Å²) in [5.74, 6) is -0.803. The third-order valence-electron chi connectivity index (χ3n) is 1.28. The number of hydrogen-bond donors (Lipinski definition) is 1. The van der Waals surface area contributed by atoms with Crippen molar-refractivity contribution in [3.05, 3.63) is 29.6 Å². The molecule has 0 saturated carbocycles. The molecule has 1 rings (SSSR count). The number of nitrogens with two attached hydrogens (primary N) is 1. The largest absolute Gasteiger partial charge is 0.396 e. The van der Waals surface area contributed by atoms with Gasteiger partial charge >= 0.3 is 0 Å². The minimum atomic E-state index is -2.65. The molecular weight excluding hydrogens is 155 g/mol. The van der Waals surface area contributed by atoms with Gasteiger partial charge in [0.15, 0.2) is 0 Å². The zero-order valence-corrected chi connectivity index (χ0v) is 5.52. The molecule has 1 aromatic rings. The molecule has 0 aromatic heterocycles. The molecule has 0 heterocycles. The molecule has 1 aromatic carbocycles. The zero-order valence-electron chi connectivity index (χ0n) is 5.52. The van der Waals surface area contributed by atoms with Crippen molar-refractivity contribution in [3.63, 3.8) is 0 Å². The predicted octanol–water partition coefficient (Wildman–Crippen LogP) is 2.35. The van der Waals surface area contributed by atoms with E-state index in [0.717, 1.165) is 18.2 Å². The molecular formula is C7H6F3N. The van der Waals surface area contributed by atoms with Crippen LogP contribution in [-0.2, 0) is 0 Å². The van der Waals surface area contributed by atoms with Gasteiger partial charge in [0.05, 0.1) is 5.69 Å². The highest BCUT2D eigenvalue weighted by Crippen LogP contribution is 2.21. The monoisotopic (exact) mass is 161 g/mol. The van der Waals surface area contributed by atoms with Gasteiger partial charge in [-0.2, -0.15) is 0 Å². The highest BCUT2D eigenvalue weighted by molar-refractivity contribution is 5.41. The Morgan fingerprint density at radius 2 is 1.91 bits per heavy atom. The van der Waals surface area contributed by atoms with Gasteiger partial charge in [0.2, 0.25) is 0 Å². The standard InChI is InChI=1S/C7H6F3N/c8-5-3-4(7(9)10)1-2-6(5)11/h1-3,7H,11H2. The van der Waals surface area contributed by atoms with E-state index in [4.69, 9.17) is 5.73 Å². The predicted molar refractivity (Wildman–Crippen MR) is 35.8 cm³/mol. The van der Waals surface area contributed by atoms with Crippen LogP contribution in [0, 0.1) is 5.82 Å². The second kappa shape index (κ2) is 2.82. The first-order valence-corrected chi connectivity index (χ1v) is 2.94. The van der Waals surface area contributed by atoms with Crippen LogP contribution in [0.1, 0.15) is 12.0 Å². The maximum atomic E-state index is 12.5. The van der Waals surface area contributed by atoms with Crippen molar-refractivity contribution in [1.82, 2.24) is 0 Å². The van der Waals surface area contributed by atoms with Gasteiger partial charge in [0.25, 0.3) is 6.43 Å². The first-order valence-electron chi connectivity index (χ1n) is 2.94. The fourth-order valence-electron chi connectivity index (χ4n) is 0.679. The lowest BCUT2D eigenvalue weighted by Crippen LogP contribution is -1.92. The molecule has 0 bridgehead atoms. The number of benzene rings is 1. The summed E-state index contributed by atoms with van der Waals surface area (Å²) >= 11 is 0. The van der Waals surface area contributed by atoms with Gasteiger partial charge in [-0.25, -0.2) is 13.2 Å². The summed E-state index contributed by atoms with van der Waals surface area (Å²) in [6.07, 6.45) is -2.65. The van der Waals surface area contributed by atoms with E-state index in [1.54, 1.807) is 0 Å². The van der Waals surface area contributed by atoms with Crippen LogP contribution >= 0.6 is 0 Å². The first kappa shape index (κ1) is 7.91. The third-order valence-corrected chi connectivity index (χ3v) is 1.28. The molecule has 11 heavy (non-hydrogen) atoms. The van der Waals surface area contributed by atoms with Crippen molar-refractivity contribution in [2.75, 3.05) is 5.73 Å². The summed E-state index contributed by atoms with van der Waals surface area (Å²) in [6.45, 7) is 0. The highest BCUT2D eigenvalue weighted by Gasteiger charge is 2.08. The van der Waals surface area contributed by atoms with E-state index in [-0.39, 0.29) is 11.3 Å². The van der Waals surface area contributed by atoms with Gasteiger partial charge in [-0.05, 0) is 12.1 Å². The Hall–Kier alpha value is -1.19. The molecule has 4 heteroatoms. The molecule has 60 valence electrons. The Morgan fingerprint density at radius 3 is 2.36 bits per heavy atom. The van der Waals surface area contributed by atoms with Gasteiger partial charge in [-0.1, -0.05) is 6.07 Å². The second-order valence-corrected chi connectivity index (χ2v) is 2.08. The zero-order chi connectivity index (χ0) is 8.43. The van der Waals surface area contributed by atoms with E-state index in [1.165, 1.54) is 0 Å². The van der Waals surface area contributed by atoms with Crippen molar-refractivity contribution in [2.45, 2.75) is 6.43 Å². The molecule has 0 atom stereocenters. The Bertz CT molecular complexity index is 260. The maximum Gasteiger partial charge on any atom is 0.263 e. The lowest BCUT2D eigenvalue weighted by atomic mass is 10.2. The fraction of sp³-hybridized carbons (Fsp3) is 0.143. The van der Waals surface area contributed by atoms with Crippen molar-refractivity contribution >= 4 is 5.69 Å². The average molecular weight is 161 g/mol. The quantitative estimate of drug-likeness (QED) is 0.628. The Kier molecular flexibility index (Phi) is 2.03. The van der Waals surface area contributed by atoms with Gasteiger partial charge in [0.1, 0.15) is 5.82 Å². The maximum absolute atomic E-state index is 12.5. The van der Waals surface area contributed by atoms with Crippen LogP contribution in [-0.4, -0.2) is 0 Å². The summed E-state index contributed by atoms with van der Waals surface area (Å²) in [6, 6.07) is 2.96. The molecule has 1 nitrogen and oxygen atoms in total. The molecule has 0 amide bonds. The van der Waals surface area contributed by atoms with Crippen molar-refractivity contribution in [3.8, 4) is 0 Å². The molecule has 0 aliphatic heterocycles. The minimum Gasteiger partial charge on any atom is -0.396 e. The minimum absolute atomic E-state index is 0.116. The summed E-state index contributed by atoms with van der Waals surface area (Å²) in [5, 5.41) is 0. The molecule has 0 radical (unpaired) electrons. The van der Waals surface area contributed by atoms with Crippen molar-refractivity contribution in [1.29, 1.82) is 0 Å². The van der Waals surface area contributed by atoms with Crippen LogP contribution < -0.4 is 5.73 Å². The number of rotatable bonds is 1. The second-order valence-electron chi connectivity index (χ2n) is 2.08. The van der Waals surface area contributed by atoms with Crippen LogP contribution in [0.25, 0.3) is 0 Å². The average Bonchev–Trinajstić information content (AvgIpc) is 1.94. The lowest BCUT2D eigenvalue weighted by Gasteiger charge is -2.00. The van der Waals surface area contributed by atoms with Gasteiger partial charge < -0.3 is 5.73 Å². The normalized spacial score (nSPS) is 10.5. The number of anilines is 1. The van der Waals surface area contributed by atoms with E-state index in [9.17, 15) is 13.2 Å². The van der Waals surface area contributed by atoms with Crippen LogP contribution in [0.4, 0.5) is 18.9 Å². The number of alkyl halides is 2. The Labute approximate surface area is 61.6 Å². The van der Waals surface area contributed by atoms with Gasteiger partial charge in [0, 0.05) is 5.56 Å². The molecule has 0 aliphatic carbocycles. The summed E-state index contributed by atoms with van der Waals surface area (Å²) in [7, 11) is 0. The molecule has 0 spiro atoms. The van der Waals surface area contributed by atoms with Crippen LogP contribution in [0.5, 0.6) is 0 Å². The molecule has 0 saturated heterocycles. The summed E-state index contributed by atoms with van der Waals surface area (Å²) < 4.78 is 36.2. The lowest BCUT2D eigenvalue weighted by molar-refractivity contribution is 0.151. The van der Waals surface area contributed by atoms with E-state index in [1.807, 2.05) is 0 Å². The van der Waals surface area contributed by atoms with Crippen LogP contribution in [0.2, 0.25) is 0 Å². The molecule has 0 fully saturated rings. The SMILES string of the molecule is Nc1ccc(C(F)F)cc1F. The van der Waals surface area contributed by atoms with Crippen LogP contribution in [0.3, 0.4) is 0 Å². The topological polar surface area (TPSA) is 26.0 Å². The first-order chi connectivity index (χ1) is 5.11. The van der Waals surface area contributed by atoms with E-state index < -0.39 is 12.2 Å². The fourth-order valence-corrected chi connectivity index (χ4v) is 0.679. The van der Waals surface area contributed by atoms with Crippen molar-refractivity contribution in [2.24, 2.45) is 0 Å². The van der Waals surface area contributed by atoms with E-state index in [0.29, 0.717) is 0 Å². The number of hydrogen-bond acceptors (Lipinski definition) is 1. The Balaban J connectivity index is 3.05. The number of halogens is 3. The molecule has 0 aliphatic rings. The van der Waals surface area contributed by atoms with Crippen LogP contribution in [0.15, 0.2) is 18.2 Å². The molecule has 2 N–H and O–H groups in total. The van der Waals surface area contributed by atoms with E-state index >= 15 is 0 Å². The highest BCUT2D eigenvalue weighted by atomic mass is 19.3.